The van der Waals surface area contributed by atoms with Gasteiger partial charge in [0, 0.05) is 65.5 Å². The Morgan fingerprint density at radius 1 is 0.720 bits per heavy atom. The zero-order valence-electron chi connectivity index (χ0n) is 28.1. The van der Waals surface area contributed by atoms with Gasteiger partial charge in [-0.15, -0.1) is 0 Å². The van der Waals surface area contributed by atoms with Crippen LogP contribution in [0.15, 0.2) is 72.8 Å². The van der Waals surface area contributed by atoms with E-state index in [2.05, 4.69) is 16.0 Å². The fourth-order valence-corrected chi connectivity index (χ4v) is 7.17. The Bertz CT molecular complexity index is 1570. The Kier molecular flexibility index (Phi) is 13.0. The predicted octanol–water partition coefficient (Wildman–Crippen LogP) is 6.40. The van der Waals surface area contributed by atoms with E-state index in [4.69, 9.17) is 0 Å². The van der Waals surface area contributed by atoms with Crippen molar-refractivity contribution < 1.29 is 30.1 Å². The molecular weight excluding hydrogens is 648 g/mol. The molecule has 0 saturated heterocycles. The van der Waals surface area contributed by atoms with Crippen molar-refractivity contribution in [3.8, 4) is 0 Å². The third-order valence-electron chi connectivity index (χ3n) is 9.66. The normalized spacial score (nSPS) is 16.8. The number of rotatable bonds is 20. The predicted molar refractivity (Wildman–Crippen MR) is 190 cm³/mol. The van der Waals surface area contributed by atoms with Gasteiger partial charge in [-0.3, -0.25) is 30.3 Å². The van der Waals surface area contributed by atoms with Gasteiger partial charge in [-0.2, -0.15) is 0 Å². The maximum atomic E-state index is 12.8. The van der Waals surface area contributed by atoms with E-state index in [-0.39, 0.29) is 48.3 Å². The number of anilines is 3. The number of nitro groups is 3. The number of aliphatic hydroxyl groups is 3. The molecule has 15 heteroatoms. The Morgan fingerprint density at radius 3 is 1.56 bits per heavy atom. The third-order valence-corrected chi connectivity index (χ3v) is 9.66. The average Bonchev–Trinajstić information content (AvgIpc) is 3.58. The van der Waals surface area contributed by atoms with Crippen molar-refractivity contribution in [2.75, 3.05) is 29.2 Å². The summed E-state index contributed by atoms with van der Waals surface area (Å²) in [5.74, 6) is -0.0919. The molecule has 270 valence electrons. The topological polar surface area (TPSA) is 226 Å². The minimum Gasteiger partial charge on any atom is -0.394 e. The molecule has 1 aliphatic carbocycles. The summed E-state index contributed by atoms with van der Waals surface area (Å²) in [7, 11) is 0. The summed E-state index contributed by atoms with van der Waals surface area (Å²) >= 11 is 0. The second-order valence-electron chi connectivity index (χ2n) is 13.3. The monoisotopic (exact) mass is 694 g/mol. The van der Waals surface area contributed by atoms with Crippen LogP contribution in [0.2, 0.25) is 0 Å². The van der Waals surface area contributed by atoms with Crippen molar-refractivity contribution in [2.24, 2.45) is 5.92 Å². The highest BCUT2D eigenvalue weighted by Gasteiger charge is 2.52. The van der Waals surface area contributed by atoms with Crippen LogP contribution in [0.4, 0.5) is 34.1 Å². The molecule has 3 aromatic carbocycles. The van der Waals surface area contributed by atoms with Crippen molar-refractivity contribution in [1.82, 2.24) is 0 Å². The SMILES string of the molecule is CC(C[C@@H](CO)Nc1ccc([N+](=O)[O-])cc1)C[C@@](O)(CCCC(CO)Nc1ccc([N+](=O)[O-])cc1)C1(Nc2ccc([N+](=O)[O-])cc2)CCCC1. The fraction of sp³-hybridized carbons (Fsp3) is 0.486. The quantitative estimate of drug-likeness (QED) is 0.0558. The van der Waals surface area contributed by atoms with Crippen molar-refractivity contribution >= 4 is 34.1 Å². The van der Waals surface area contributed by atoms with Gasteiger partial charge >= 0.3 is 0 Å². The van der Waals surface area contributed by atoms with Crippen molar-refractivity contribution in [1.29, 1.82) is 0 Å². The summed E-state index contributed by atoms with van der Waals surface area (Å²) < 4.78 is 0. The van der Waals surface area contributed by atoms with E-state index in [1.54, 1.807) is 36.4 Å². The van der Waals surface area contributed by atoms with Crippen LogP contribution in [0.1, 0.15) is 64.7 Å². The summed E-state index contributed by atoms with van der Waals surface area (Å²) in [5, 5.41) is 76.6. The maximum absolute atomic E-state index is 12.8. The van der Waals surface area contributed by atoms with E-state index in [9.17, 15) is 45.7 Å². The van der Waals surface area contributed by atoms with Gasteiger partial charge in [0.05, 0.1) is 39.1 Å². The largest absolute Gasteiger partial charge is 0.394 e. The maximum Gasteiger partial charge on any atom is 0.269 e. The van der Waals surface area contributed by atoms with Crippen LogP contribution in [0.5, 0.6) is 0 Å². The first-order chi connectivity index (χ1) is 23.9. The van der Waals surface area contributed by atoms with E-state index >= 15 is 0 Å². The van der Waals surface area contributed by atoms with Crippen LogP contribution in [-0.4, -0.2) is 66.5 Å². The lowest BCUT2D eigenvalue weighted by atomic mass is 9.69. The third kappa shape index (κ3) is 9.86. The molecule has 1 saturated carbocycles. The average molecular weight is 695 g/mol. The number of hydrogen-bond donors (Lipinski definition) is 6. The van der Waals surface area contributed by atoms with Crippen LogP contribution in [0, 0.1) is 36.3 Å². The second-order valence-corrected chi connectivity index (χ2v) is 13.3. The fourth-order valence-electron chi connectivity index (χ4n) is 7.17. The van der Waals surface area contributed by atoms with Crippen LogP contribution in [0.25, 0.3) is 0 Å². The molecule has 15 nitrogen and oxygen atoms in total. The number of nitrogens with one attached hydrogen (secondary N) is 3. The first-order valence-corrected chi connectivity index (χ1v) is 16.9. The Labute approximate surface area is 290 Å². The van der Waals surface area contributed by atoms with E-state index in [0.717, 1.165) is 12.8 Å². The minimum absolute atomic E-state index is 0.0361. The lowest BCUT2D eigenvalue weighted by Crippen LogP contribution is -2.58. The zero-order valence-corrected chi connectivity index (χ0v) is 28.1. The summed E-state index contributed by atoms with van der Waals surface area (Å²) in [6.07, 6.45) is 5.34. The Morgan fingerprint density at radius 2 is 1.14 bits per heavy atom. The van der Waals surface area contributed by atoms with Crippen molar-refractivity contribution in [3.63, 3.8) is 0 Å². The van der Waals surface area contributed by atoms with Gasteiger partial charge in [0.15, 0.2) is 0 Å². The molecule has 1 fully saturated rings. The molecule has 0 aromatic heterocycles. The summed E-state index contributed by atoms with van der Waals surface area (Å²) in [4.78, 5) is 31.9. The number of benzene rings is 3. The molecule has 50 heavy (non-hydrogen) atoms. The van der Waals surface area contributed by atoms with E-state index in [1.807, 2.05) is 6.92 Å². The molecule has 0 aliphatic heterocycles. The van der Waals surface area contributed by atoms with Gasteiger partial charge in [0.1, 0.15) is 0 Å². The van der Waals surface area contributed by atoms with Crippen LogP contribution in [-0.2, 0) is 0 Å². The van der Waals surface area contributed by atoms with Crippen LogP contribution < -0.4 is 16.0 Å². The molecular formula is C35H46N6O9. The summed E-state index contributed by atoms with van der Waals surface area (Å²) in [5.41, 5.74) is -0.215. The minimum atomic E-state index is -1.26. The van der Waals surface area contributed by atoms with Crippen LogP contribution >= 0.6 is 0 Å². The molecule has 2 unspecified atom stereocenters. The zero-order chi connectivity index (χ0) is 36.3. The van der Waals surface area contributed by atoms with E-state index < -0.39 is 25.9 Å². The lowest BCUT2D eigenvalue weighted by molar-refractivity contribution is -0.385. The molecule has 4 atom stereocenters. The molecule has 0 radical (unpaired) electrons. The molecule has 0 amide bonds. The highest BCUT2D eigenvalue weighted by atomic mass is 16.6. The highest BCUT2D eigenvalue weighted by Crippen LogP contribution is 2.47. The van der Waals surface area contributed by atoms with Gasteiger partial charge < -0.3 is 31.3 Å². The molecule has 3 aromatic rings. The molecule has 1 aliphatic rings. The van der Waals surface area contributed by atoms with Gasteiger partial charge in [-0.05, 0) is 87.3 Å². The first kappa shape index (κ1) is 38.0. The van der Waals surface area contributed by atoms with Gasteiger partial charge in [-0.1, -0.05) is 19.8 Å². The van der Waals surface area contributed by atoms with Crippen LogP contribution in [0.3, 0.4) is 0 Å². The smallest absolute Gasteiger partial charge is 0.269 e. The number of hydrogen-bond acceptors (Lipinski definition) is 12. The number of non-ortho nitro benzene ring substituents is 3. The molecule has 6 N–H and O–H groups in total. The number of nitro benzene ring substituents is 3. The summed E-state index contributed by atoms with van der Waals surface area (Å²) in [6, 6.07) is 17.3. The Hall–Kier alpha value is -4.86. The molecule has 0 bridgehead atoms. The Balaban J connectivity index is 1.52. The lowest BCUT2D eigenvalue weighted by Gasteiger charge is -2.48. The van der Waals surface area contributed by atoms with Crippen molar-refractivity contribution in [2.45, 2.75) is 87.9 Å². The standard InChI is InChI=1S/C35H46N6O9/c1-25(21-30(24-43)37-27-8-14-32(15-9-27)40(47)48)22-35(44,20-4-5-29(23-42)36-26-6-12-31(13-7-26)39(45)46)34(18-2-3-19-34)38-28-10-16-33(17-11-28)41(49)50/h6-17,25,29-30,36-38,42-44H,2-5,18-24H2,1H3/t25?,29?,30-,35-/m0/s1. The second kappa shape index (κ2) is 17.2. The molecule has 0 heterocycles. The van der Waals surface area contributed by atoms with Gasteiger partial charge in [0.2, 0.25) is 0 Å². The first-order valence-electron chi connectivity index (χ1n) is 16.9. The van der Waals surface area contributed by atoms with E-state index in [1.165, 1.54) is 36.4 Å². The molecule has 4 rings (SSSR count). The summed E-state index contributed by atoms with van der Waals surface area (Å²) in [6.45, 7) is 1.62. The molecule has 0 spiro atoms. The van der Waals surface area contributed by atoms with Gasteiger partial charge in [0.25, 0.3) is 17.1 Å². The number of nitrogens with zero attached hydrogens (tertiary/aromatic N) is 3. The van der Waals surface area contributed by atoms with Crippen molar-refractivity contribution in [3.05, 3.63) is 103 Å². The number of aliphatic hydroxyl groups excluding tert-OH is 2. The highest BCUT2D eigenvalue weighted by molar-refractivity contribution is 5.52. The van der Waals surface area contributed by atoms with E-state index in [0.29, 0.717) is 62.0 Å². The van der Waals surface area contributed by atoms with Gasteiger partial charge in [-0.25, -0.2) is 0 Å².